The maximum atomic E-state index is 12.5. The molecule has 24 heavy (non-hydrogen) atoms. The van der Waals surface area contributed by atoms with Gasteiger partial charge in [0.05, 0.1) is 0 Å². The minimum absolute atomic E-state index is 0.139. The number of hydrogen-bond acceptors (Lipinski definition) is 4. The van der Waals surface area contributed by atoms with Crippen LogP contribution in [-0.4, -0.2) is 18.6 Å². The Morgan fingerprint density at radius 2 is 2.00 bits per heavy atom. The van der Waals surface area contributed by atoms with Crippen LogP contribution in [0.2, 0.25) is 0 Å². The summed E-state index contributed by atoms with van der Waals surface area (Å²) in [4.78, 5) is 0. The monoisotopic (exact) mass is 345 g/mol. The van der Waals surface area contributed by atoms with Gasteiger partial charge in [-0.15, -0.1) is 0 Å². The highest BCUT2D eigenvalue weighted by Crippen LogP contribution is 2.27. The highest BCUT2D eigenvalue weighted by atomic mass is 32.2. The third-order valence-electron chi connectivity index (χ3n) is 3.92. The van der Waals surface area contributed by atoms with Crippen LogP contribution in [-0.2, 0) is 16.4 Å². The van der Waals surface area contributed by atoms with E-state index in [4.69, 9.17) is 4.42 Å². The Labute approximate surface area is 141 Å². The lowest BCUT2D eigenvalue weighted by Crippen LogP contribution is -2.12. The fraction of sp³-hybridized carbons (Fsp3) is 0.235. The Bertz CT molecular complexity index is 971. The Kier molecular flexibility index (Phi) is 4.19. The zero-order valence-corrected chi connectivity index (χ0v) is 14.6. The van der Waals surface area contributed by atoms with Crippen molar-refractivity contribution in [2.75, 3.05) is 4.72 Å². The van der Waals surface area contributed by atoms with E-state index in [9.17, 15) is 8.42 Å². The predicted octanol–water partition coefficient (Wildman–Crippen LogP) is 3.65. The van der Waals surface area contributed by atoms with Gasteiger partial charge in [-0.3, -0.25) is 9.82 Å². The number of benzene rings is 1. The fourth-order valence-corrected chi connectivity index (χ4v) is 3.36. The number of H-pyrrole nitrogens is 1. The van der Waals surface area contributed by atoms with Crippen LogP contribution in [0.4, 0.5) is 5.69 Å². The number of furan rings is 1. The fourth-order valence-electron chi connectivity index (χ4n) is 2.38. The van der Waals surface area contributed by atoms with E-state index in [-0.39, 0.29) is 5.09 Å². The summed E-state index contributed by atoms with van der Waals surface area (Å²) in [5, 5.41) is 6.88. The van der Waals surface area contributed by atoms with Crippen molar-refractivity contribution in [3.8, 4) is 11.5 Å². The number of rotatable bonds is 5. The van der Waals surface area contributed by atoms with Gasteiger partial charge in [-0.2, -0.15) is 13.5 Å². The molecule has 1 aromatic carbocycles. The Morgan fingerprint density at radius 1 is 1.21 bits per heavy atom. The minimum atomic E-state index is -3.79. The van der Waals surface area contributed by atoms with Gasteiger partial charge < -0.3 is 4.42 Å². The van der Waals surface area contributed by atoms with E-state index in [0.717, 1.165) is 23.2 Å². The van der Waals surface area contributed by atoms with Gasteiger partial charge in [0, 0.05) is 16.9 Å². The summed E-state index contributed by atoms with van der Waals surface area (Å²) in [6.45, 7) is 5.81. The molecule has 0 amide bonds. The van der Waals surface area contributed by atoms with Crippen LogP contribution in [0.5, 0.6) is 0 Å². The normalized spacial score (nSPS) is 11.6. The van der Waals surface area contributed by atoms with Crippen LogP contribution in [0.1, 0.15) is 23.7 Å². The summed E-state index contributed by atoms with van der Waals surface area (Å²) >= 11 is 0. The molecule has 3 rings (SSSR count). The largest absolute Gasteiger partial charge is 0.441 e. The molecular formula is C17H19N3O3S. The molecule has 2 heterocycles. The van der Waals surface area contributed by atoms with Crippen molar-refractivity contribution >= 4 is 15.7 Å². The van der Waals surface area contributed by atoms with Crippen LogP contribution in [0.25, 0.3) is 11.5 Å². The molecule has 3 aromatic rings. The lowest BCUT2D eigenvalue weighted by molar-refractivity contribution is 0.461. The number of nitrogens with zero attached hydrogens (tertiary/aromatic N) is 1. The minimum Gasteiger partial charge on any atom is -0.441 e. The lowest BCUT2D eigenvalue weighted by Gasteiger charge is -2.07. The topological polar surface area (TPSA) is 88.0 Å². The second-order valence-corrected chi connectivity index (χ2v) is 7.21. The molecule has 0 fully saturated rings. The molecule has 0 aliphatic heterocycles. The molecule has 0 atom stereocenters. The zero-order valence-electron chi connectivity index (χ0n) is 13.8. The number of aromatic amines is 1. The van der Waals surface area contributed by atoms with E-state index in [1.54, 1.807) is 12.1 Å². The van der Waals surface area contributed by atoms with Crippen LogP contribution in [0.3, 0.4) is 0 Å². The molecule has 2 N–H and O–H groups in total. The second-order valence-electron chi connectivity index (χ2n) is 5.60. The Morgan fingerprint density at radius 3 is 2.67 bits per heavy atom. The van der Waals surface area contributed by atoms with E-state index in [0.29, 0.717) is 17.1 Å². The van der Waals surface area contributed by atoms with E-state index < -0.39 is 10.0 Å². The second kappa shape index (κ2) is 6.16. The summed E-state index contributed by atoms with van der Waals surface area (Å²) < 4.78 is 33.1. The third-order valence-corrected chi connectivity index (χ3v) is 5.17. The van der Waals surface area contributed by atoms with Crippen molar-refractivity contribution in [1.82, 2.24) is 10.2 Å². The van der Waals surface area contributed by atoms with Gasteiger partial charge in [0.15, 0.2) is 5.76 Å². The van der Waals surface area contributed by atoms with Gasteiger partial charge in [0.1, 0.15) is 5.69 Å². The average molecular weight is 345 g/mol. The average Bonchev–Trinajstić information content (AvgIpc) is 3.16. The van der Waals surface area contributed by atoms with Crippen molar-refractivity contribution in [2.24, 2.45) is 0 Å². The van der Waals surface area contributed by atoms with Crippen LogP contribution in [0, 0.1) is 13.8 Å². The first-order valence-corrected chi connectivity index (χ1v) is 9.12. The van der Waals surface area contributed by atoms with Gasteiger partial charge in [0.25, 0.3) is 10.0 Å². The van der Waals surface area contributed by atoms with Crippen LogP contribution >= 0.6 is 0 Å². The summed E-state index contributed by atoms with van der Waals surface area (Å²) in [6, 6.07) is 10.3. The van der Waals surface area contributed by atoms with Gasteiger partial charge >= 0.3 is 0 Å². The van der Waals surface area contributed by atoms with Crippen molar-refractivity contribution < 1.29 is 12.8 Å². The van der Waals surface area contributed by atoms with Crippen molar-refractivity contribution in [1.29, 1.82) is 0 Å². The maximum Gasteiger partial charge on any atom is 0.295 e. The third kappa shape index (κ3) is 3.07. The molecule has 0 unspecified atom stereocenters. The number of nitrogens with one attached hydrogen (secondary N) is 2. The Balaban J connectivity index is 1.89. The molecule has 0 bridgehead atoms. The standard InChI is InChI=1S/C17H19N3O3S/c1-4-13-6-5-7-14(10-13)20-24(21,22)16-9-8-15(23-16)17-11(2)12(3)18-19-17/h5-10,20H,4H2,1-3H3,(H,18,19). The molecule has 7 heteroatoms. The highest BCUT2D eigenvalue weighted by molar-refractivity contribution is 7.92. The maximum absolute atomic E-state index is 12.5. The van der Waals surface area contributed by atoms with E-state index >= 15 is 0 Å². The summed E-state index contributed by atoms with van der Waals surface area (Å²) in [7, 11) is -3.79. The van der Waals surface area contributed by atoms with Crippen molar-refractivity contribution in [3.63, 3.8) is 0 Å². The van der Waals surface area contributed by atoms with E-state index in [2.05, 4.69) is 14.9 Å². The van der Waals surface area contributed by atoms with Crippen molar-refractivity contribution in [2.45, 2.75) is 32.3 Å². The van der Waals surface area contributed by atoms with Gasteiger partial charge in [-0.25, -0.2) is 0 Å². The smallest absolute Gasteiger partial charge is 0.295 e. The van der Waals surface area contributed by atoms with E-state index in [1.807, 2.05) is 39.0 Å². The molecule has 0 saturated heterocycles. The molecule has 0 aliphatic carbocycles. The zero-order chi connectivity index (χ0) is 17.3. The number of sulfonamides is 1. The number of aryl methyl sites for hydroxylation is 2. The molecule has 0 spiro atoms. The SMILES string of the molecule is CCc1cccc(NS(=O)(=O)c2ccc(-c3n[nH]c(C)c3C)o2)c1. The molecule has 0 saturated carbocycles. The molecular weight excluding hydrogens is 326 g/mol. The summed E-state index contributed by atoms with van der Waals surface area (Å²) in [6.07, 6.45) is 0.832. The number of aromatic nitrogens is 2. The van der Waals surface area contributed by atoms with Gasteiger partial charge in [0.2, 0.25) is 5.09 Å². The lowest BCUT2D eigenvalue weighted by atomic mass is 10.1. The van der Waals surface area contributed by atoms with Gasteiger partial charge in [-0.1, -0.05) is 19.1 Å². The number of anilines is 1. The molecule has 126 valence electrons. The molecule has 6 nitrogen and oxygen atoms in total. The van der Waals surface area contributed by atoms with Crippen LogP contribution in [0.15, 0.2) is 45.9 Å². The van der Waals surface area contributed by atoms with E-state index in [1.165, 1.54) is 6.07 Å². The first kappa shape index (κ1) is 16.3. The quantitative estimate of drug-likeness (QED) is 0.739. The summed E-state index contributed by atoms with van der Waals surface area (Å²) in [5.74, 6) is 0.416. The number of hydrogen-bond donors (Lipinski definition) is 2. The summed E-state index contributed by atoms with van der Waals surface area (Å²) in [5.41, 5.74) is 4.02. The van der Waals surface area contributed by atoms with Crippen molar-refractivity contribution in [3.05, 3.63) is 53.2 Å². The molecule has 0 aliphatic rings. The van der Waals surface area contributed by atoms with Gasteiger partial charge in [-0.05, 0) is 50.1 Å². The first-order chi connectivity index (χ1) is 11.4. The predicted molar refractivity (Wildman–Crippen MR) is 92.4 cm³/mol. The molecule has 2 aromatic heterocycles. The highest BCUT2D eigenvalue weighted by Gasteiger charge is 2.21. The Hall–Kier alpha value is -2.54. The molecule has 0 radical (unpaired) electrons. The first-order valence-electron chi connectivity index (χ1n) is 7.64. The van der Waals surface area contributed by atoms with Crippen LogP contribution < -0.4 is 4.72 Å².